The molecule has 1 aromatic carbocycles. The van der Waals surface area contributed by atoms with Crippen LogP contribution in [0.1, 0.15) is 13.3 Å². The number of nitrogens with one attached hydrogen (secondary N) is 2. The van der Waals surface area contributed by atoms with E-state index in [0.717, 1.165) is 6.42 Å². The maximum atomic E-state index is 11.9. The number of carbonyl (C=O) groups excluding carboxylic acids is 1. The van der Waals surface area contributed by atoms with Gasteiger partial charge in [-0.3, -0.25) is 4.98 Å². The minimum Gasteiger partial charge on any atom is -0.491 e. The van der Waals surface area contributed by atoms with Gasteiger partial charge in [0.05, 0.1) is 24.2 Å². The molecule has 0 saturated carbocycles. The molecule has 0 radical (unpaired) electrons. The van der Waals surface area contributed by atoms with E-state index in [2.05, 4.69) is 15.6 Å². The number of anilines is 2. The first-order chi connectivity index (χ1) is 9.79. The number of pyridine rings is 1. The van der Waals surface area contributed by atoms with Crippen molar-refractivity contribution in [2.75, 3.05) is 17.2 Å². The molecule has 0 aliphatic carbocycles. The van der Waals surface area contributed by atoms with Crippen molar-refractivity contribution in [2.45, 2.75) is 13.3 Å². The SMILES string of the molecule is CCCOc1ccccc1NC(=O)Nc1cccnc1. The lowest BCUT2D eigenvalue weighted by Crippen LogP contribution is -2.20. The predicted octanol–water partition coefficient (Wildman–Crippen LogP) is 3.51. The zero-order chi connectivity index (χ0) is 14.2. The molecule has 0 aliphatic heterocycles. The molecule has 1 aromatic heterocycles. The van der Waals surface area contributed by atoms with Gasteiger partial charge >= 0.3 is 6.03 Å². The Morgan fingerprint density at radius 2 is 2.05 bits per heavy atom. The molecule has 0 unspecified atom stereocenters. The molecule has 0 aliphatic rings. The standard InChI is InChI=1S/C15H17N3O2/c1-2-10-20-14-8-4-3-7-13(14)18-15(19)17-12-6-5-9-16-11-12/h3-9,11H,2,10H2,1H3,(H2,17,18,19). The van der Waals surface area contributed by atoms with Gasteiger partial charge in [0.25, 0.3) is 0 Å². The average Bonchev–Trinajstić information content (AvgIpc) is 2.47. The summed E-state index contributed by atoms with van der Waals surface area (Å²) in [6.07, 6.45) is 4.15. The number of urea groups is 1. The first kappa shape index (κ1) is 13.9. The Morgan fingerprint density at radius 3 is 2.80 bits per heavy atom. The summed E-state index contributed by atoms with van der Waals surface area (Å²) in [4.78, 5) is 15.8. The monoisotopic (exact) mass is 271 g/mol. The largest absolute Gasteiger partial charge is 0.491 e. The van der Waals surface area contributed by atoms with Crippen molar-refractivity contribution in [3.63, 3.8) is 0 Å². The van der Waals surface area contributed by atoms with Gasteiger partial charge in [-0.05, 0) is 30.7 Å². The second kappa shape index (κ2) is 7.13. The van der Waals surface area contributed by atoms with Crippen molar-refractivity contribution >= 4 is 17.4 Å². The number of amides is 2. The van der Waals surface area contributed by atoms with Gasteiger partial charge in [-0.1, -0.05) is 19.1 Å². The van der Waals surface area contributed by atoms with Crippen molar-refractivity contribution in [1.29, 1.82) is 0 Å². The molecule has 0 spiro atoms. The smallest absolute Gasteiger partial charge is 0.323 e. The van der Waals surface area contributed by atoms with Crippen molar-refractivity contribution in [3.8, 4) is 5.75 Å². The lowest BCUT2D eigenvalue weighted by atomic mass is 10.3. The minimum atomic E-state index is -0.328. The summed E-state index contributed by atoms with van der Waals surface area (Å²) in [5.74, 6) is 0.663. The van der Waals surface area contributed by atoms with Gasteiger partial charge in [0, 0.05) is 6.20 Å². The average molecular weight is 271 g/mol. The maximum Gasteiger partial charge on any atom is 0.323 e. The fourth-order valence-electron chi connectivity index (χ4n) is 1.63. The van der Waals surface area contributed by atoms with Gasteiger partial charge in [0.15, 0.2) is 0 Å². The summed E-state index contributed by atoms with van der Waals surface area (Å²) < 4.78 is 5.58. The minimum absolute atomic E-state index is 0.328. The van der Waals surface area contributed by atoms with Crippen LogP contribution >= 0.6 is 0 Å². The molecule has 2 N–H and O–H groups in total. The fourth-order valence-corrected chi connectivity index (χ4v) is 1.63. The van der Waals surface area contributed by atoms with Gasteiger partial charge < -0.3 is 15.4 Å². The van der Waals surface area contributed by atoms with Crippen LogP contribution in [-0.2, 0) is 0 Å². The molecule has 2 amide bonds. The van der Waals surface area contributed by atoms with Gasteiger partial charge in [-0.25, -0.2) is 4.79 Å². The Balaban J connectivity index is 2.00. The second-order valence-electron chi connectivity index (χ2n) is 4.17. The van der Waals surface area contributed by atoms with Crippen molar-refractivity contribution in [2.24, 2.45) is 0 Å². The molecule has 0 atom stereocenters. The molecule has 0 bridgehead atoms. The number of hydrogen-bond donors (Lipinski definition) is 2. The number of hydrogen-bond acceptors (Lipinski definition) is 3. The molecule has 0 saturated heterocycles. The topological polar surface area (TPSA) is 63.2 Å². The van der Waals surface area contributed by atoms with Crippen LogP contribution in [0.5, 0.6) is 5.75 Å². The van der Waals surface area contributed by atoms with E-state index in [-0.39, 0.29) is 6.03 Å². The molecule has 1 heterocycles. The van der Waals surface area contributed by atoms with Crippen LogP contribution in [-0.4, -0.2) is 17.6 Å². The molecule has 5 nitrogen and oxygen atoms in total. The Bertz CT molecular complexity index is 558. The molecule has 0 fully saturated rings. The normalized spacial score (nSPS) is 9.85. The van der Waals surface area contributed by atoms with E-state index in [1.54, 1.807) is 30.6 Å². The quantitative estimate of drug-likeness (QED) is 0.874. The van der Waals surface area contributed by atoms with Crippen molar-refractivity contribution in [1.82, 2.24) is 4.98 Å². The van der Waals surface area contributed by atoms with Gasteiger partial charge in [-0.2, -0.15) is 0 Å². The Morgan fingerprint density at radius 1 is 1.20 bits per heavy atom. The molecule has 2 aromatic rings. The van der Waals surface area contributed by atoms with Gasteiger partial charge in [0.1, 0.15) is 5.75 Å². The van der Waals surface area contributed by atoms with E-state index in [1.807, 2.05) is 25.1 Å². The number of aromatic nitrogens is 1. The lowest BCUT2D eigenvalue weighted by Gasteiger charge is -2.12. The summed E-state index contributed by atoms with van der Waals surface area (Å²) >= 11 is 0. The van der Waals surface area contributed by atoms with Crippen LogP contribution in [0, 0.1) is 0 Å². The van der Waals surface area contributed by atoms with E-state index in [1.165, 1.54) is 0 Å². The van der Waals surface area contributed by atoms with Crippen LogP contribution < -0.4 is 15.4 Å². The zero-order valence-corrected chi connectivity index (χ0v) is 11.3. The number of rotatable bonds is 5. The highest BCUT2D eigenvalue weighted by molar-refractivity contribution is 6.00. The number of nitrogens with zero attached hydrogens (tertiary/aromatic N) is 1. The number of para-hydroxylation sites is 2. The summed E-state index contributed by atoms with van der Waals surface area (Å²) in [6.45, 7) is 2.65. The van der Waals surface area contributed by atoms with Crippen LogP contribution in [0.4, 0.5) is 16.2 Å². The van der Waals surface area contributed by atoms with E-state index in [0.29, 0.717) is 23.7 Å². The summed E-state index contributed by atoms with van der Waals surface area (Å²) in [5, 5.41) is 5.47. The van der Waals surface area contributed by atoms with Gasteiger partial charge in [-0.15, -0.1) is 0 Å². The first-order valence-electron chi connectivity index (χ1n) is 6.49. The molecular weight excluding hydrogens is 254 g/mol. The third kappa shape index (κ3) is 3.98. The Hall–Kier alpha value is -2.56. The zero-order valence-electron chi connectivity index (χ0n) is 11.3. The van der Waals surface area contributed by atoms with E-state index in [4.69, 9.17) is 4.74 Å². The summed E-state index contributed by atoms with van der Waals surface area (Å²) in [5.41, 5.74) is 1.28. The van der Waals surface area contributed by atoms with Crippen LogP contribution in [0.15, 0.2) is 48.8 Å². The van der Waals surface area contributed by atoms with Crippen molar-refractivity contribution < 1.29 is 9.53 Å². The highest BCUT2D eigenvalue weighted by Crippen LogP contribution is 2.24. The lowest BCUT2D eigenvalue weighted by molar-refractivity contribution is 0.262. The number of carbonyl (C=O) groups is 1. The summed E-state index contributed by atoms with van der Waals surface area (Å²) in [7, 11) is 0. The van der Waals surface area contributed by atoms with Crippen LogP contribution in [0.2, 0.25) is 0 Å². The van der Waals surface area contributed by atoms with E-state index >= 15 is 0 Å². The third-order valence-corrected chi connectivity index (χ3v) is 2.52. The molecule has 5 heteroatoms. The predicted molar refractivity (Wildman–Crippen MR) is 79.1 cm³/mol. The number of benzene rings is 1. The maximum absolute atomic E-state index is 11.9. The van der Waals surface area contributed by atoms with E-state index < -0.39 is 0 Å². The van der Waals surface area contributed by atoms with Crippen LogP contribution in [0.25, 0.3) is 0 Å². The highest BCUT2D eigenvalue weighted by atomic mass is 16.5. The Labute approximate surface area is 118 Å². The first-order valence-corrected chi connectivity index (χ1v) is 6.49. The molecule has 2 rings (SSSR count). The van der Waals surface area contributed by atoms with E-state index in [9.17, 15) is 4.79 Å². The van der Waals surface area contributed by atoms with Gasteiger partial charge in [0.2, 0.25) is 0 Å². The van der Waals surface area contributed by atoms with Crippen LogP contribution in [0.3, 0.4) is 0 Å². The molecular formula is C15H17N3O2. The highest BCUT2D eigenvalue weighted by Gasteiger charge is 2.07. The summed E-state index contributed by atoms with van der Waals surface area (Å²) in [6, 6.07) is 10.5. The molecule has 20 heavy (non-hydrogen) atoms. The second-order valence-corrected chi connectivity index (χ2v) is 4.17. The number of ether oxygens (including phenoxy) is 1. The third-order valence-electron chi connectivity index (χ3n) is 2.52. The fraction of sp³-hybridized carbons (Fsp3) is 0.200. The molecule has 104 valence electrons. The van der Waals surface area contributed by atoms with Crippen molar-refractivity contribution in [3.05, 3.63) is 48.8 Å². The Kier molecular flexibility index (Phi) is 4.94.